The molecule has 0 saturated carbocycles. The van der Waals surface area contributed by atoms with E-state index in [1.54, 1.807) is 25.1 Å². The van der Waals surface area contributed by atoms with Crippen LogP contribution in [0.4, 0.5) is 0 Å². The smallest absolute Gasteiger partial charge is 0.243 e. The van der Waals surface area contributed by atoms with Crippen molar-refractivity contribution >= 4 is 10.0 Å². The van der Waals surface area contributed by atoms with Crippen LogP contribution in [0.15, 0.2) is 23.1 Å². The zero-order valence-electron chi connectivity index (χ0n) is 11.5. The van der Waals surface area contributed by atoms with Crippen molar-refractivity contribution < 1.29 is 13.5 Å². The molecule has 0 bridgehead atoms. The van der Waals surface area contributed by atoms with E-state index in [4.69, 9.17) is 10.8 Å². The van der Waals surface area contributed by atoms with Crippen molar-refractivity contribution in [3.8, 4) is 0 Å². The lowest BCUT2D eigenvalue weighted by Crippen LogP contribution is -2.34. The highest BCUT2D eigenvalue weighted by molar-refractivity contribution is 7.89. The molecule has 1 aromatic rings. The summed E-state index contributed by atoms with van der Waals surface area (Å²) < 4.78 is 26.3. The van der Waals surface area contributed by atoms with Gasteiger partial charge in [0.25, 0.3) is 0 Å². The van der Waals surface area contributed by atoms with Crippen LogP contribution in [0.2, 0.25) is 0 Å². The van der Waals surface area contributed by atoms with Crippen molar-refractivity contribution in [1.29, 1.82) is 0 Å². The van der Waals surface area contributed by atoms with Crippen LogP contribution in [-0.2, 0) is 16.6 Å². The van der Waals surface area contributed by atoms with E-state index >= 15 is 0 Å². The number of hydrogen-bond donors (Lipinski definition) is 2. The first kappa shape index (κ1) is 16.1. The second-order valence-corrected chi connectivity index (χ2v) is 6.34. The Morgan fingerprint density at radius 2 is 2.00 bits per heavy atom. The maximum atomic E-state index is 12.5. The minimum Gasteiger partial charge on any atom is -0.395 e. The second-order valence-electron chi connectivity index (χ2n) is 4.43. The van der Waals surface area contributed by atoms with Gasteiger partial charge < -0.3 is 10.8 Å². The van der Waals surface area contributed by atoms with Gasteiger partial charge in [0.2, 0.25) is 10.0 Å². The number of aliphatic hydroxyl groups is 1. The lowest BCUT2D eigenvalue weighted by atomic mass is 10.1. The molecule has 1 aromatic carbocycles. The zero-order valence-corrected chi connectivity index (χ0v) is 12.3. The van der Waals surface area contributed by atoms with E-state index in [1.807, 2.05) is 6.92 Å². The van der Waals surface area contributed by atoms with E-state index in [2.05, 4.69) is 0 Å². The van der Waals surface area contributed by atoms with Gasteiger partial charge in [-0.2, -0.15) is 4.31 Å². The van der Waals surface area contributed by atoms with Gasteiger partial charge in [0, 0.05) is 19.6 Å². The van der Waals surface area contributed by atoms with E-state index in [0.29, 0.717) is 25.1 Å². The molecule has 0 saturated heterocycles. The molecule has 0 fully saturated rings. The summed E-state index contributed by atoms with van der Waals surface area (Å²) in [6, 6.07) is 5.10. The van der Waals surface area contributed by atoms with Gasteiger partial charge in [0.1, 0.15) is 0 Å². The molecule has 108 valence electrons. The minimum atomic E-state index is -3.55. The van der Waals surface area contributed by atoms with Crippen LogP contribution in [-0.4, -0.2) is 37.5 Å². The Morgan fingerprint density at radius 3 is 2.47 bits per heavy atom. The monoisotopic (exact) mass is 286 g/mol. The third-order valence-corrected chi connectivity index (χ3v) is 4.97. The fraction of sp³-hybridized carbons (Fsp3) is 0.538. The van der Waals surface area contributed by atoms with Gasteiger partial charge in [0.05, 0.1) is 11.5 Å². The predicted molar refractivity (Wildman–Crippen MR) is 75.2 cm³/mol. The van der Waals surface area contributed by atoms with Crippen LogP contribution >= 0.6 is 0 Å². The topological polar surface area (TPSA) is 83.6 Å². The molecule has 0 aliphatic carbocycles. The largest absolute Gasteiger partial charge is 0.395 e. The van der Waals surface area contributed by atoms with Crippen molar-refractivity contribution in [2.75, 3.05) is 19.7 Å². The Bertz CT molecular complexity index is 509. The summed E-state index contributed by atoms with van der Waals surface area (Å²) in [6.07, 6.45) is 0.708. The lowest BCUT2D eigenvalue weighted by molar-refractivity contribution is 0.253. The lowest BCUT2D eigenvalue weighted by Gasteiger charge is -2.21. The zero-order chi connectivity index (χ0) is 14.5. The highest BCUT2D eigenvalue weighted by Crippen LogP contribution is 2.21. The van der Waals surface area contributed by atoms with E-state index in [1.165, 1.54) is 4.31 Å². The van der Waals surface area contributed by atoms with Gasteiger partial charge >= 0.3 is 0 Å². The van der Waals surface area contributed by atoms with Crippen molar-refractivity contribution in [3.63, 3.8) is 0 Å². The summed E-state index contributed by atoms with van der Waals surface area (Å²) in [5.41, 5.74) is 7.13. The first-order valence-corrected chi connectivity index (χ1v) is 7.82. The number of nitrogens with zero attached hydrogens (tertiary/aromatic N) is 1. The Kier molecular flexibility index (Phi) is 5.93. The summed E-state index contributed by atoms with van der Waals surface area (Å²) >= 11 is 0. The molecule has 0 heterocycles. The van der Waals surface area contributed by atoms with Crippen LogP contribution < -0.4 is 5.73 Å². The number of nitrogens with two attached hydrogens (primary N) is 1. The minimum absolute atomic E-state index is 0.119. The average Bonchev–Trinajstić information content (AvgIpc) is 2.38. The molecule has 0 aliphatic heterocycles. The number of benzene rings is 1. The molecule has 0 spiro atoms. The van der Waals surface area contributed by atoms with Crippen LogP contribution in [0.1, 0.15) is 24.5 Å². The van der Waals surface area contributed by atoms with E-state index in [-0.39, 0.29) is 18.0 Å². The predicted octanol–water partition coefficient (Wildman–Crippen LogP) is 0.847. The Balaban J connectivity index is 3.17. The van der Waals surface area contributed by atoms with Crippen LogP contribution in [0.25, 0.3) is 0 Å². The molecular formula is C13H22N2O3S. The Labute approximate surface area is 115 Å². The number of sulfonamides is 1. The third kappa shape index (κ3) is 3.76. The summed E-state index contributed by atoms with van der Waals surface area (Å²) in [5, 5.41) is 9.00. The second kappa shape index (κ2) is 7.00. The summed E-state index contributed by atoms with van der Waals surface area (Å²) in [7, 11) is -3.55. The number of rotatable bonds is 7. The van der Waals surface area contributed by atoms with E-state index in [9.17, 15) is 8.42 Å². The van der Waals surface area contributed by atoms with E-state index in [0.717, 1.165) is 5.56 Å². The maximum Gasteiger partial charge on any atom is 0.243 e. The van der Waals surface area contributed by atoms with Crippen molar-refractivity contribution in [2.24, 2.45) is 5.73 Å². The molecule has 6 heteroatoms. The van der Waals surface area contributed by atoms with Gasteiger partial charge in [-0.15, -0.1) is 0 Å². The molecular weight excluding hydrogens is 264 g/mol. The van der Waals surface area contributed by atoms with Crippen molar-refractivity contribution in [2.45, 2.75) is 31.7 Å². The normalized spacial score (nSPS) is 12.1. The molecule has 0 aromatic heterocycles. The maximum absolute atomic E-state index is 12.5. The van der Waals surface area contributed by atoms with E-state index < -0.39 is 10.0 Å². The van der Waals surface area contributed by atoms with Gasteiger partial charge in [0.15, 0.2) is 0 Å². The fourth-order valence-corrected chi connectivity index (χ4v) is 3.71. The van der Waals surface area contributed by atoms with Gasteiger partial charge in [-0.3, -0.25) is 0 Å². The van der Waals surface area contributed by atoms with Gasteiger partial charge in [-0.1, -0.05) is 19.1 Å². The van der Waals surface area contributed by atoms with Crippen LogP contribution in [0.3, 0.4) is 0 Å². The molecule has 0 atom stereocenters. The number of aryl methyl sites for hydroxylation is 1. The highest BCUT2D eigenvalue weighted by atomic mass is 32.2. The van der Waals surface area contributed by atoms with Crippen LogP contribution in [0.5, 0.6) is 0 Å². The van der Waals surface area contributed by atoms with Crippen LogP contribution in [0, 0.1) is 6.92 Å². The standard InChI is InChI=1S/C13H22N2O3S/c1-3-6-15(7-8-16)19(17,18)13-5-4-12(10-14)9-11(13)2/h4-5,9,16H,3,6-8,10,14H2,1-2H3. The molecule has 5 nitrogen and oxygen atoms in total. The molecule has 0 unspecified atom stereocenters. The van der Waals surface area contributed by atoms with Gasteiger partial charge in [-0.05, 0) is 30.5 Å². The molecule has 3 N–H and O–H groups in total. The molecule has 19 heavy (non-hydrogen) atoms. The Morgan fingerprint density at radius 1 is 1.32 bits per heavy atom. The fourth-order valence-electron chi connectivity index (χ4n) is 1.98. The molecule has 1 rings (SSSR count). The summed E-state index contributed by atoms with van der Waals surface area (Å²) in [5.74, 6) is 0. The summed E-state index contributed by atoms with van der Waals surface area (Å²) in [4.78, 5) is 0.284. The molecule has 0 aliphatic rings. The summed E-state index contributed by atoms with van der Waals surface area (Å²) in [6.45, 7) is 4.39. The molecule has 0 amide bonds. The Hall–Kier alpha value is -0.950. The van der Waals surface area contributed by atoms with Crippen molar-refractivity contribution in [3.05, 3.63) is 29.3 Å². The highest BCUT2D eigenvalue weighted by Gasteiger charge is 2.24. The van der Waals surface area contributed by atoms with Gasteiger partial charge in [-0.25, -0.2) is 8.42 Å². The number of aliphatic hydroxyl groups excluding tert-OH is 1. The first-order valence-electron chi connectivity index (χ1n) is 6.38. The number of hydrogen-bond acceptors (Lipinski definition) is 4. The SMILES string of the molecule is CCCN(CCO)S(=O)(=O)c1ccc(CN)cc1C. The molecule has 0 radical (unpaired) electrons. The quantitative estimate of drug-likeness (QED) is 0.778. The average molecular weight is 286 g/mol. The third-order valence-electron chi connectivity index (χ3n) is 2.92. The first-order chi connectivity index (χ1) is 8.97. The van der Waals surface area contributed by atoms with Crippen molar-refractivity contribution in [1.82, 2.24) is 4.31 Å².